The Bertz CT molecular complexity index is 789. The fourth-order valence-electron chi connectivity index (χ4n) is 2.27. The first-order valence-electron chi connectivity index (χ1n) is 6.33. The zero-order chi connectivity index (χ0) is 14.8. The van der Waals surface area contributed by atoms with Crippen LogP contribution in [-0.2, 0) is 6.42 Å². The molecule has 102 valence electrons. The molecule has 0 aromatic heterocycles. The first-order chi connectivity index (χ1) is 10.2. The van der Waals surface area contributed by atoms with E-state index < -0.39 is 4.92 Å². The summed E-state index contributed by atoms with van der Waals surface area (Å²) in [6.07, 6.45) is 0.331. The number of hydrogen-bond donors (Lipinski definition) is 0. The molecule has 0 saturated heterocycles. The van der Waals surface area contributed by atoms with Crippen molar-refractivity contribution in [1.29, 1.82) is 5.26 Å². The third-order valence-electron chi connectivity index (χ3n) is 3.28. The Labute approximate surface area is 120 Å². The van der Waals surface area contributed by atoms with Crippen LogP contribution in [0.2, 0.25) is 0 Å². The maximum Gasteiger partial charge on any atom is 0.269 e. The highest BCUT2D eigenvalue weighted by Crippen LogP contribution is 2.36. The summed E-state index contributed by atoms with van der Waals surface area (Å²) in [4.78, 5) is 10.4. The van der Waals surface area contributed by atoms with Gasteiger partial charge < -0.3 is 4.74 Å². The summed E-state index contributed by atoms with van der Waals surface area (Å²) in [6.45, 7) is 0. The van der Waals surface area contributed by atoms with E-state index in [1.165, 1.54) is 12.1 Å². The van der Waals surface area contributed by atoms with Crippen molar-refractivity contribution in [1.82, 2.24) is 0 Å². The summed E-state index contributed by atoms with van der Waals surface area (Å²) in [7, 11) is 0. The van der Waals surface area contributed by atoms with Crippen LogP contribution >= 0.6 is 0 Å². The molecule has 2 aromatic rings. The Hall–Kier alpha value is -3.13. The van der Waals surface area contributed by atoms with Gasteiger partial charge in [0.15, 0.2) is 0 Å². The Morgan fingerprint density at radius 2 is 1.95 bits per heavy atom. The molecule has 0 fully saturated rings. The second-order valence-corrected chi connectivity index (χ2v) is 4.61. The van der Waals surface area contributed by atoms with Gasteiger partial charge in [0.05, 0.1) is 16.6 Å². The van der Waals surface area contributed by atoms with Gasteiger partial charge in [0.2, 0.25) is 0 Å². The summed E-state index contributed by atoms with van der Waals surface area (Å²) >= 11 is 0. The molecule has 1 heterocycles. The predicted octanol–water partition coefficient (Wildman–Crippen LogP) is 3.46. The molecule has 5 heteroatoms. The topological polar surface area (TPSA) is 76.2 Å². The molecule has 0 N–H and O–H groups in total. The van der Waals surface area contributed by atoms with Gasteiger partial charge in [-0.1, -0.05) is 30.3 Å². The lowest BCUT2D eigenvalue weighted by Crippen LogP contribution is -2.09. The number of fused-ring (bicyclic) bond motifs is 1. The van der Waals surface area contributed by atoms with Crippen LogP contribution in [0.5, 0.6) is 5.75 Å². The van der Waals surface area contributed by atoms with Gasteiger partial charge in [0.25, 0.3) is 5.69 Å². The van der Waals surface area contributed by atoms with Gasteiger partial charge >= 0.3 is 0 Å². The van der Waals surface area contributed by atoms with Gasteiger partial charge in [-0.15, -0.1) is 0 Å². The quantitative estimate of drug-likeness (QED) is 0.622. The van der Waals surface area contributed by atoms with Crippen LogP contribution in [0, 0.1) is 21.4 Å². The van der Waals surface area contributed by atoms with E-state index in [0.29, 0.717) is 29.1 Å². The number of non-ortho nitro benzene ring substituents is 1. The standard InChI is InChI=1S/C16H10N2O3/c17-10-13-8-12-9-14(18(19)20)6-7-15(12)21-16(13)11-4-2-1-3-5-11/h1-7,9H,8H2. The molecule has 0 aliphatic carbocycles. The second kappa shape index (κ2) is 5.10. The first kappa shape index (κ1) is 12.9. The lowest BCUT2D eigenvalue weighted by molar-refractivity contribution is -0.384. The van der Waals surface area contributed by atoms with E-state index in [9.17, 15) is 15.4 Å². The summed E-state index contributed by atoms with van der Waals surface area (Å²) in [5, 5.41) is 20.1. The number of ether oxygens (including phenoxy) is 1. The van der Waals surface area contributed by atoms with Crippen molar-refractivity contribution < 1.29 is 9.66 Å². The number of nitro groups is 1. The summed E-state index contributed by atoms with van der Waals surface area (Å²) in [5.74, 6) is 1.07. The number of nitriles is 1. The molecule has 1 aliphatic rings. The SMILES string of the molecule is N#CC1=C(c2ccccc2)Oc2ccc([N+](=O)[O-])cc2C1. The maximum atomic E-state index is 10.8. The Balaban J connectivity index is 2.05. The minimum Gasteiger partial charge on any atom is -0.455 e. The number of hydrogen-bond acceptors (Lipinski definition) is 4. The number of rotatable bonds is 2. The molecule has 0 atom stereocenters. The smallest absolute Gasteiger partial charge is 0.269 e. The molecular weight excluding hydrogens is 268 g/mol. The minimum absolute atomic E-state index is 0.00204. The highest BCUT2D eigenvalue weighted by atomic mass is 16.6. The molecule has 0 saturated carbocycles. The highest BCUT2D eigenvalue weighted by molar-refractivity contribution is 5.72. The average molecular weight is 278 g/mol. The van der Waals surface area contributed by atoms with Crippen molar-refractivity contribution in [2.75, 3.05) is 0 Å². The lowest BCUT2D eigenvalue weighted by atomic mass is 9.98. The van der Waals surface area contributed by atoms with E-state index in [2.05, 4.69) is 6.07 Å². The van der Waals surface area contributed by atoms with Crippen LogP contribution in [-0.4, -0.2) is 4.92 Å². The Morgan fingerprint density at radius 1 is 1.19 bits per heavy atom. The third-order valence-corrected chi connectivity index (χ3v) is 3.28. The van der Waals surface area contributed by atoms with Crippen LogP contribution in [0.25, 0.3) is 5.76 Å². The lowest BCUT2D eigenvalue weighted by Gasteiger charge is -2.20. The fourth-order valence-corrected chi connectivity index (χ4v) is 2.27. The van der Waals surface area contributed by atoms with Gasteiger partial charge in [-0.2, -0.15) is 5.26 Å². The van der Waals surface area contributed by atoms with Crippen LogP contribution in [0.1, 0.15) is 11.1 Å². The zero-order valence-corrected chi connectivity index (χ0v) is 10.9. The fraction of sp³-hybridized carbons (Fsp3) is 0.0625. The molecule has 0 spiro atoms. The van der Waals surface area contributed by atoms with E-state index >= 15 is 0 Å². The number of benzene rings is 2. The van der Waals surface area contributed by atoms with E-state index in [-0.39, 0.29) is 5.69 Å². The van der Waals surface area contributed by atoms with Gasteiger partial charge in [-0.25, -0.2) is 0 Å². The maximum absolute atomic E-state index is 10.8. The van der Waals surface area contributed by atoms with Gasteiger partial charge in [-0.3, -0.25) is 10.1 Å². The summed E-state index contributed by atoms with van der Waals surface area (Å²) < 4.78 is 5.79. The largest absolute Gasteiger partial charge is 0.455 e. The average Bonchev–Trinajstić information content (AvgIpc) is 2.53. The van der Waals surface area contributed by atoms with Crippen LogP contribution in [0.3, 0.4) is 0 Å². The molecule has 0 radical (unpaired) electrons. The van der Waals surface area contributed by atoms with Crippen molar-refractivity contribution in [2.45, 2.75) is 6.42 Å². The van der Waals surface area contributed by atoms with Crippen molar-refractivity contribution >= 4 is 11.4 Å². The first-order valence-corrected chi connectivity index (χ1v) is 6.33. The van der Waals surface area contributed by atoms with Crippen LogP contribution in [0.4, 0.5) is 5.69 Å². The molecule has 3 rings (SSSR count). The van der Waals surface area contributed by atoms with Gasteiger partial charge in [0.1, 0.15) is 11.5 Å². The van der Waals surface area contributed by atoms with Crippen LogP contribution < -0.4 is 4.74 Å². The normalized spacial score (nSPS) is 13.1. The van der Waals surface area contributed by atoms with Crippen molar-refractivity contribution in [3.8, 4) is 11.8 Å². The molecule has 5 nitrogen and oxygen atoms in total. The third kappa shape index (κ3) is 2.35. The monoisotopic (exact) mass is 278 g/mol. The molecule has 0 bridgehead atoms. The Morgan fingerprint density at radius 3 is 2.62 bits per heavy atom. The van der Waals surface area contributed by atoms with Crippen LogP contribution in [0.15, 0.2) is 54.1 Å². The van der Waals surface area contributed by atoms with E-state index in [0.717, 1.165) is 5.56 Å². The van der Waals surface area contributed by atoms with Crippen molar-refractivity contribution in [3.63, 3.8) is 0 Å². The number of nitro benzene ring substituents is 1. The van der Waals surface area contributed by atoms with E-state index in [1.807, 2.05) is 30.3 Å². The Kier molecular flexibility index (Phi) is 3.13. The molecule has 2 aromatic carbocycles. The minimum atomic E-state index is -0.456. The molecular formula is C16H10N2O3. The van der Waals surface area contributed by atoms with E-state index in [4.69, 9.17) is 4.74 Å². The molecule has 0 unspecified atom stereocenters. The molecule has 21 heavy (non-hydrogen) atoms. The van der Waals surface area contributed by atoms with E-state index in [1.54, 1.807) is 6.07 Å². The number of nitrogens with zero attached hydrogens (tertiary/aromatic N) is 2. The van der Waals surface area contributed by atoms with Gasteiger partial charge in [0, 0.05) is 29.7 Å². The number of allylic oxidation sites excluding steroid dienone is 1. The summed E-state index contributed by atoms with van der Waals surface area (Å²) in [5.41, 5.74) is 1.94. The second-order valence-electron chi connectivity index (χ2n) is 4.61. The predicted molar refractivity (Wildman–Crippen MR) is 76.4 cm³/mol. The van der Waals surface area contributed by atoms with Crippen molar-refractivity contribution in [2.24, 2.45) is 0 Å². The van der Waals surface area contributed by atoms with Gasteiger partial charge in [-0.05, 0) is 6.07 Å². The highest BCUT2D eigenvalue weighted by Gasteiger charge is 2.23. The molecule has 1 aliphatic heterocycles. The molecule has 0 amide bonds. The zero-order valence-electron chi connectivity index (χ0n) is 10.9. The van der Waals surface area contributed by atoms with Crippen molar-refractivity contribution in [3.05, 3.63) is 75.3 Å². The summed E-state index contributed by atoms with van der Waals surface area (Å²) in [6, 6.07) is 15.9.